The van der Waals surface area contributed by atoms with Gasteiger partial charge in [0.2, 0.25) is 0 Å². The number of hydrogen-bond acceptors (Lipinski definition) is 0. The molecule has 0 heterocycles. The lowest BCUT2D eigenvalue weighted by Crippen LogP contribution is -2.27. The summed E-state index contributed by atoms with van der Waals surface area (Å²) in [5, 5.41) is 0. The molecule has 0 aromatic heterocycles. The van der Waals surface area contributed by atoms with Gasteiger partial charge in [-0.05, 0) is 66.6 Å². The zero-order valence-corrected chi connectivity index (χ0v) is 32.3. The number of unbranched alkanes of at least 4 members (excludes halogenated alkanes) is 7. The van der Waals surface area contributed by atoms with Crippen molar-refractivity contribution in [2.45, 2.75) is 230 Å². The average molecular weight is 605 g/mol. The summed E-state index contributed by atoms with van der Waals surface area (Å²) in [4.78, 5) is 0. The Bertz CT molecular complexity index is 540. The molecule has 0 aliphatic rings. The summed E-state index contributed by atoms with van der Waals surface area (Å²) >= 11 is 0. The van der Waals surface area contributed by atoms with Gasteiger partial charge in [0.05, 0.1) is 0 Å². The Kier molecular flexibility index (Phi) is 29.4. The van der Waals surface area contributed by atoms with Crippen molar-refractivity contribution in [2.75, 3.05) is 0 Å². The van der Waals surface area contributed by atoms with Crippen LogP contribution in [0.1, 0.15) is 230 Å². The molecule has 0 radical (unpaired) electrons. The molecule has 0 heteroatoms. The fraction of sp³-hybridized carbons (Fsp3) is 1.00. The zero-order chi connectivity index (χ0) is 32.3. The van der Waals surface area contributed by atoms with E-state index < -0.39 is 0 Å². The fourth-order valence-corrected chi connectivity index (χ4v) is 8.23. The monoisotopic (exact) mass is 605 g/mol. The molecule has 0 spiro atoms. The maximum atomic E-state index is 2.72. The van der Waals surface area contributed by atoms with Gasteiger partial charge in [0.1, 0.15) is 0 Å². The first-order valence-corrected chi connectivity index (χ1v) is 20.7. The Morgan fingerprint density at radius 3 is 1.19 bits per heavy atom. The van der Waals surface area contributed by atoms with E-state index in [0.29, 0.717) is 0 Å². The van der Waals surface area contributed by atoms with Crippen molar-refractivity contribution in [3.8, 4) is 0 Å². The number of rotatable bonds is 32. The molecule has 0 aromatic carbocycles. The van der Waals surface area contributed by atoms with E-state index in [1.807, 2.05) is 0 Å². The van der Waals surface area contributed by atoms with Crippen molar-refractivity contribution in [1.82, 2.24) is 0 Å². The summed E-state index contributed by atoms with van der Waals surface area (Å²) in [6.07, 6.45) is 36.2. The molecule has 0 aliphatic carbocycles. The topological polar surface area (TPSA) is 0 Å². The normalized spacial score (nSPS) is 16.5. The molecule has 6 atom stereocenters. The third-order valence-electron chi connectivity index (χ3n) is 11.5. The SMILES string of the molecule is CCCCCC(CCCC)CC(C(C)CC(CCCC)CCCC)C(C)CC(CCCCCC(C)CC)CCCC(C)C. The van der Waals surface area contributed by atoms with Gasteiger partial charge in [0.15, 0.2) is 0 Å². The van der Waals surface area contributed by atoms with Crippen molar-refractivity contribution in [3.63, 3.8) is 0 Å². The quantitative estimate of drug-likeness (QED) is 0.0670. The minimum Gasteiger partial charge on any atom is -0.0654 e. The maximum Gasteiger partial charge on any atom is -0.0360 e. The Morgan fingerprint density at radius 1 is 0.349 bits per heavy atom. The van der Waals surface area contributed by atoms with Gasteiger partial charge in [-0.15, -0.1) is 0 Å². The molecule has 43 heavy (non-hydrogen) atoms. The molecule has 0 amide bonds. The predicted molar refractivity (Wildman–Crippen MR) is 200 cm³/mol. The molecule has 0 saturated heterocycles. The average Bonchev–Trinajstić information content (AvgIpc) is 2.98. The highest BCUT2D eigenvalue weighted by molar-refractivity contribution is 4.80. The molecule has 0 N–H and O–H groups in total. The van der Waals surface area contributed by atoms with Crippen molar-refractivity contribution < 1.29 is 0 Å². The van der Waals surface area contributed by atoms with Crippen LogP contribution in [0.25, 0.3) is 0 Å². The highest BCUT2D eigenvalue weighted by Crippen LogP contribution is 2.40. The van der Waals surface area contributed by atoms with Gasteiger partial charge < -0.3 is 0 Å². The lowest BCUT2D eigenvalue weighted by molar-refractivity contribution is 0.139. The molecule has 0 aromatic rings. The first-order valence-electron chi connectivity index (χ1n) is 20.7. The minimum absolute atomic E-state index is 0.854. The van der Waals surface area contributed by atoms with Crippen LogP contribution in [-0.4, -0.2) is 0 Å². The second-order valence-electron chi connectivity index (χ2n) is 16.3. The third kappa shape index (κ3) is 23.9. The number of hydrogen-bond donors (Lipinski definition) is 0. The van der Waals surface area contributed by atoms with Crippen LogP contribution in [0.4, 0.5) is 0 Å². The first kappa shape index (κ1) is 43.0. The second-order valence-corrected chi connectivity index (χ2v) is 16.3. The standard InChI is InChI=1S/C43H88/c1-11-16-21-30-42(29-19-14-4)35-43(38(9)33-40(27-17-12-2)28-18-13-3)39(10)34-41(32-24-25-36(6)7)31-23-20-22-26-37(8)15-5/h36-43H,11-35H2,1-10H3. The van der Waals surface area contributed by atoms with E-state index >= 15 is 0 Å². The van der Waals surface area contributed by atoms with Crippen molar-refractivity contribution in [2.24, 2.45) is 47.3 Å². The van der Waals surface area contributed by atoms with E-state index in [1.54, 1.807) is 0 Å². The van der Waals surface area contributed by atoms with E-state index in [4.69, 9.17) is 0 Å². The van der Waals surface area contributed by atoms with Gasteiger partial charge in [-0.1, -0.05) is 210 Å². The van der Waals surface area contributed by atoms with Crippen LogP contribution in [0.15, 0.2) is 0 Å². The van der Waals surface area contributed by atoms with Crippen molar-refractivity contribution in [1.29, 1.82) is 0 Å². The summed E-state index contributed by atoms with van der Waals surface area (Å²) in [5.41, 5.74) is 0. The van der Waals surface area contributed by atoms with Crippen LogP contribution in [0, 0.1) is 47.3 Å². The Balaban J connectivity index is 5.73. The van der Waals surface area contributed by atoms with E-state index in [2.05, 4.69) is 69.2 Å². The fourth-order valence-electron chi connectivity index (χ4n) is 8.23. The van der Waals surface area contributed by atoms with E-state index in [9.17, 15) is 0 Å². The van der Waals surface area contributed by atoms with Crippen molar-refractivity contribution in [3.05, 3.63) is 0 Å². The van der Waals surface area contributed by atoms with E-state index in [0.717, 1.165) is 47.3 Å². The molecule has 0 nitrogen and oxygen atoms in total. The van der Waals surface area contributed by atoms with Crippen LogP contribution < -0.4 is 0 Å². The van der Waals surface area contributed by atoms with Gasteiger partial charge in [0.25, 0.3) is 0 Å². The van der Waals surface area contributed by atoms with E-state index in [1.165, 1.54) is 161 Å². The zero-order valence-electron chi connectivity index (χ0n) is 32.3. The highest BCUT2D eigenvalue weighted by Gasteiger charge is 2.30. The summed E-state index contributed by atoms with van der Waals surface area (Å²) < 4.78 is 0. The molecule has 260 valence electrons. The van der Waals surface area contributed by atoms with Crippen LogP contribution in [0.3, 0.4) is 0 Å². The second kappa shape index (κ2) is 29.4. The van der Waals surface area contributed by atoms with Crippen molar-refractivity contribution >= 4 is 0 Å². The highest BCUT2D eigenvalue weighted by atomic mass is 14.4. The van der Waals surface area contributed by atoms with Gasteiger partial charge in [-0.3, -0.25) is 0 Å². The molecule has 0 aliphatic heterocycles. The summed E-state index contributed by atoms with van der Waals surface area (Å²) in [5.74, 6) is 7.34. The molecule has 0 fully saturated rings. The molecule has 0 saturated carbocycles. The smallest absolute Gasteiger partial charge is 0.0360 e. The van der Waals surface area contributed by atoms with Crippen LogP contribution in [-0.2, 0) is 0 Å². The van der Waals surface area contributed by atoms with Gasteiger partial charge >= 0.3 is 0 Å². The van der Waals surface area contributed by atoms with Gasteiger partial charge in [0, 0.05) is 0 Å². The van der Waals surface area contributed by atoms with Gasteiger partial charge in [-0.2, -0.15) is 0 Å². The largest absolute Gasteiger partial charge is 0.0654 e. The van der Waals surface area contributed by atoms with Crippen LogP contribution in [0.2, 0.25) is 0 Å². The van der Waals surface area contributed by atoms with E-state index in [-0.39, 0.29) is 0 Å². The summed E-state index contributed by atoms with van der Waals surface area (Å²) in [7, 11) is 0. The van der Waals surface area contributed by atoms with Crippen LogP contribution >= 0.6 is 0 Å². The molecular weight excluding hydrogens is 516 g/mol. The van der Waals surface area contributed by atoms with Crippen LogP contribution in [0.5, 0.6) is 0 Å². The lowest BCUT2D eigenvalue weighted by atomic mass is 9.69. The summed E-state index contributed by atoms with van der Waals surface area (Å²) in [6, 6.07) is 0. The molecular formula is C43H88. The predicted octanol–water partition coefficient (Wildman–Crippen LogP) is 15.9. The Labute approximate surface area is 276 Å². The lowest BCUT2D eigenvalue weighted by Gasteiger charge is -2.36. The third-order valence-corrected chi connectivity index (χ3v) is 11.5. The molecule has 6 unspecified atom stereocenters. The first-order chi connectivity index (χ1) is 20.7. The summed E-state index contributed by atoms with van der Waals surface area (Å²) in [6.45, 7) is 24.6. The Hall–Kier alpha value is 0. The molecule has 0 bridgehead atoms. The Morgan fingerprint density at radius 2 is 0.744 bits per heavy atom. The molecule has 0 rings (SSSR count). The minimum atomic E-state index is 0.854. The van der Waals surface area contributed by atoms with Gasteiger partial charge in [-0.25, -0.2) is 0 Å². The maximum absolute atomic E-state index is 2.72.